The number of nitrogen functional groups attached to an aromatic ring is 1. The molecule has 0 bridgehead atoms. The van der Waals surface area contributed by atoms with Crippen molar-refractivity contribution < 1.29 is 4.79 Å². The number of Topliss-reactive ketones (excluding diaryl/α,β-unsaturated/α-hetero) is 1. The van der Waals surface area contributed by atoms with Crippen LogP contribution in [0.2, 0.25) is 0 Å². The number of nitrogens with two attached hydrogens (primary N) is 1. The first kappa shape index (κ1) is 14.8. The third-order valence-electron chi connectivity index (χ3n) is 2.52. The number of aromatic nitrogens is 3. The highest BCUT2D eigenvalue weighted by Gasteiger charge is 2.10. The van der Waals surface area contributed by atoms with Gasteiger partial charge in [-0.2, -0.15) is 0 Å². The fraction of sp³-hybridized carbons (Fsp3) is 0.231. The van der Waals surface area contributed by atoms with Gasteiger partial charge in [0.15, 0.2) is 10.9 Å². The van der Waals surface area contributed by atoms with Gasteiger partial charge in [0.25, 0.3) is 0 Å². The monoisotopic (exact) mass is 306 g/mol. The minimum Gasteiger partial charge on any atom is -0.384 e. The quantitative estimate of drug-likeness (QED) is 0.393. The zero-order valence-corrected chi connectivity index (χ0v) is 12.8. The van der Waals surface area contributed by atoms with Gasteiger partial charge in [-0.05, 0) is 25.3 Å². The first-order chi connectivity index (χ1) is 9.60. The summed E-state index contributed by atoms with van der Waals surface area (Å²) in [6, 6.07) is 5.27. The van der Waals surface area contributed by atoms with Crippen LogP contribution < -0.4 is 5.73 Å². The molecule has 0 amide bonds. The van der Waals surface area contributed by atoms with E-state index in [-0.39, 0.29) is 5.78 Å². The summed E-state index contributed by atoms with van der Waals surface area (Å²) in [5.41, 5.74) is 7.11. The fourth-order valence-electron chi connectivity index (χ4n) is 1.60. The van der Waals surface area contributed by atoms with E-state index in [4.69, 9.17) is 5.73 Å². The van der Waals surface area contributed by atoms with Gasteiger partial charge in [0.2, 0.25) is 0 Å². The molecule has 20 heavy (non-hydrogen) atoms. The second-order valence-electron chi connectivity index (χ2n) is 3.96. The van der Waals surface area contributed by atoms with E-state index in [0.717, 1.165) is 10.7 Å². The van der Waals surface area contributed by atoms with Crippen molar-refractivity contribution in [3.63, 3.8) is 0 Å². The molecule has 2 N–H and O–H groups in total. The van der Waals surface area contributed by atoms with E-state index in [1.54, 1.807) is 24.4 Å². The maximum Gasteiger partial charge on any atom is 0.190 e. The molecule has 2 aromatic rings. The number of rotatable bonds is 5. The lowest BCUT2D eigenvalue weighted by atomic mass is 10.1. The van der Waals surface area contributed by atoms with Gasteiger partial charge >= 0.3 is 0 Å². The number of anilines is 1. The average Bonchev–Trinajstić information content (AvgIpc) is 2.44. The van der Waals surface area contributed by atoms with Crippen molar-refractivity contribution in [1.82, 2.24) is 15.0 Å². The molecule has 2 rings (SSSR count). The number of ketones is 1. The Morgan fingerprint density at radius 3 is 2.90 bits per heavy atom. The van der Waals surface area contributed by atoms with Crippen molar-refractivity contribution in [2.24, 2.45) is 0 Å². The predicted octanol–water partition coefficient (Wildman–Crippen LogP) is 2.67. The van der Waals surface area contributed by atoms with E-state index >= 15 is 0 Å². The molecule has 0 aromatic carbocycles. The molecular formula is C13H14N4OS2. The van der Waals surface area contributed by atoms with E-state index in [2.05, 4.69) is 15.0 Å². The van der Waals surface area contributed by atoms with Gasteiger partial charge in [-0.15, -0.1) is 11.8 Å². The largest absolute Gasteiger partial charge is 0.384 e. The lowest BCUT2D eigenvalue weighted by molar-refractivity contribution is 0.101. The first-order valence-electron chi connectivity index (χ1n) is 5.86. The maximum atomic E-state index is 11.5. The van der Waals surface area contributed by atoms with Gasteiger partial charge in [0, 0.05) is 23.6 Å². The number of pyridine rings is 1. The molecule has 2 heterocycles. The third-order valence-corrected chi connectivity index (χ3v) is 4.00. The van der Waals surface area contributed by atoms with Crippen molar-refractivity contribution in [3.05, 3.63) is 35.7 Å². The molecule has 7 heteroatoms. The summed E-state index contributed by atoms with van der Waals surface area (Å²) in [6.45, 7) is 1.54. The molecule has 0 saturated heterocycles. The highest BCUT2D eigenvalue weighted by molar-refractivity contribution is 7.99. The number of thioether (sulfide) groups is 2. The molecule has 0 atom stereocenters. The summed E-state index contributed by atoms with van der Waals surface area (Å²) >= 11 is 2.93. The smallest absolute Gasteiger partial charge is 0.190 e. The molecule has 0 saturated carbocycles. The van der Waals surface area contributed by atoms with Crippen molar-refractivity contribution in [1.29, 1.82) is 0 Å². The number of carbonyl (C=O) groups excluding carboxylic acids is 1. The van der Waals surface area contributed by atoms with Crippen LogP contribution in [0.3, 0.4) is 0 Å². The lowest BCUT2D eigenvalue weighted by Gasteiger charge is -2.06. The second kappa shape index (κ2) is 6.71. The van der Waals surface area contributed by atoms with Crippen molar-refractivity contribution in [2.75, 3.05) is 12.0 Å². The standard InChI is InChI=1S/C13H14N4OS2/c1-8(18)9-4-3-5-15-10(9)7-20-13-16-11(14)6-12(17-13)19-2/h3-6H,7H2,1-2H3,(H2,14,16,17). The molecule has 0 spiro atoms. The highest BCUT2D eigenvalue weighted by atomic mass is 32.2. The Bertz CT molecular complexity index is 634. The predicted molar refractivity (Wildman–Crippen MR) is 82.0 cm³/mol. The normalized spacial score (nSPS) is 10.5. The summed E-state index contributed by atoms with van der Waals surface area (Å²) in [4.78, 5) is 24.3. The Kier molecular flexibility index (Phi) is 4.97. The van der Waals surface area contributed by atoms with Crippen LogP contribution in [-0.2, 0) is 5.75 Å². The zero-order valence-electron chi connectivity index (χ0n) is 11.2. The van der Waals surface area contributed by atoms with E-state index < -0.39 is 0 Å². The zero-order chi connectivity index (χ0) is 14.5. The summed E-state index contributed by atoms with van der Waals surface area (Å²) < 4.78 is 0. The van der Waals surface area contributed by atoms with Crippen LogP contribution >= 0.6 is 23.5 Å². The maximum absolute atomic E-state index is 11.5. The molecule has 104 valence electrons. The summed E-state index contributed by atoms with van der Waals surface area (Å²) in [7, 11) is 0. The molecule has 0 aliphatic heterocycles. The molecule has 0 radical (unpaired) electrons. The van der Waals surface area contributed by atoms with Gasteiger partial charge in [0.1, 0.15) is 10.8 Å². The number of carbonyl (C=O) groups is 1. The van der Waals surface area contributed by atoms with E-state index in [1.807, 2.05) is 6.26 Å². The van der Waals surface area contributed by atoms with Crippen LogP contribution in [0.5, 0.6) is 0 Å². The molecule has 0 aliphatic rings. The highest BCUT2D eigenvalue weighted by Crippen LogP contribution is 2.24. The summed E-state index contributed by atoms with van der Waals surface area (Å²) in [5, 5.41) is 1.42. The Hall–Kier alpha value is -1.60. The van der Waals surface area contributed by atoms with Gasteiger partial charge in [-0.1, -0.05) is 11.8 Å². The number of hydrogen-bond acceptors (Lipinski definition) is 7. The van der Waals surface area contributed by atoms with Gasteiger partial charge in [-0.3, -0.25) is 9.78 Å². The Morgan fingerprint density at radius 2 is 2.20 bits per heavy atom. The first-order valence-corrected chi connectivity index (χ1v) is 8.07. The van der Waals surface area contributed by atoms with Crippen molar-refractivity contribution in [2.45, 2.75) is 22.9 Å². The topological polar surface area (TPSA) is 81.8 Å². The van der Waals surface area contributed by atoms with E-state index in [9.17, 15) is 4.79 Å². The average molecular weight is 306 g/mol. The molecule has 5 nitrogen and oxygen atoms in total. The van der Waals surface area contributed by atoms with Crippen LogP contribution in [0.4, 0.5) is 5.82 Å². The van der Waals surface area contributed by atoms with E-state index in [1.165, 1.54) is 30.4 Å². The van der Waals surface area contributed by atoms with Crippen LogP contribution in [0, 0.1) is 0 Å². The summed E-state index contributed by atoms with van der Waals surface area (Å²) in [6.07, 6.45) is 3.61. The Balaban J connectivity index is 2.17. The summed E-state index contributed by atoms with van der Waals surface area (Å²) in [5.74, 6) is 0.985. The minimum absolute atomic E-state index is 0.00648. The van der Waals surface area contributed by atoms with Crippen LogP contribution in [0.25, 0.3) is 0 Å². The SMILES string of the molecule is CSc1cc(N)nc(SCc2ncccc2C(C)=O)n1. The third kappa shape index (κ3) is 3.71. The molecule has 0 fully saturated rings. The van der Waals surface area contributed by atoms with Crippen LogP contribution in [-0.4, -0.2) is 27.0 Å². The fourth-order valence-corrected chi connectivity index (χ4v) is 2.90. The molecule has 0 unspecified atom stereocenters. The second-order valence-corrected chi connectivity index (χ2v) is 5.73. The van der Waals surface area contributed by atoms with Crippen molar-refractivity contribution in [3.8, 4) is 0 Å². The number of hydrogen-bond donors (Lipinski definition) is 1. The van der Waals surface area contributed by atoms with Crippen LogP contribution in [0.1, 0.15) is 23.0 Å². The van der Waals surface area contributed by atoms with Gasteiger partial charge in [0.05, 0.1) is 5.69 Å². The lowest BCUT2D eigenvalue weighted by Crippen LogP contribution is -2.02. The van der Waals surface area contributed by atoms with Gasteiger partial charge < -0.3 is 5.73 Å². The van der Waals surface area contributed by atoms with Gasteiger partial charge in [-0.25, -0.2) is 9.97 Å². The van der Waals surface area contributed by atoms with Crippen molar-refractivity contribution >= 4 is 35.1 Å². The number of nitrogens with zero attached hydrogens (tertiary/aromatic N) is 3. The van der Waals surface area contributed by atoms with Crippen LogP contribution in [0.15, 0.2) is 34.6 Å². The molecule has 0 aliphatic carbocycles. The molecular weight excluding hydrogens is 292 g/mol. The minimum atomic E-state index is 0.00648. The molecule has 2 aromatic heterocycles. The van der Waals surface area contributed by atoms with E-state index in [0.29, 0.717) is 22.3 Å². The Morgan fingerprint density at radius 1 is 1.40 bits per heavy atom. The Labute approximate surface area is 125 Å².